The van der Waals surface area contributed by atoms with Gasteiger partial charge in [-0.1, -0.05) is 46.3 Å². The van der Waals surface area contributed by atoms with Crippen LogP contribution in [0.25, 0.3) is 0 Å². The standard InChI is InChI=1S/C25H26BrN3O5S2/c26-21-6-8-23(9-7-21)28-36(33,34)24-12-10-22(11-13-24)27-25(30)20-14-16-29(17-15-20)35(31,32)18-19-4-2-1-3-5-19/h1-13,20,28H,14-18H2,(H,27,30). The quantitative estimate of drug-likeness (QED) is 0.402. The SMILES string of the molecule is O=C(Nc1ccc(S(=O)(=O)Nc2ccc(Br)cc2)cc1)C1CCN(S(=O)(=O)Cc2ccccc2)CC1. The fraction of sp³-hybridized carbons (Fsp3) is 0.240. The predicted octanol–water partition coefficient (Wildman–Crippen LogP) is 4.43. The number of nitrogens with zero attached hydrogens (tertiary/aromatic N) is 1. The average Bonchev–Trinajstić information content (AvgIpc) is 2.86. The van der Waals surface area contributed by atoms with Crippen LogP contribution in [0.1, 0.15) is 18.4 Å². The van der Waals surface area contributed by atoms with Crippen LogP contribution in [0.2, 0.25) is 0 Å². The molecule has 0 atom stereocenters. The zero-order chi connectivity index (χ0) is 25.8. The Labute approximate surface area is 220 Å². The van der Waals surface area contributed by atoms with Gasteiger partial charge >= 0.3 is 0 Å². The Hall–Kier alpha value is -2.73. The van der Waals surface area contributed by atoms with Crippen LogP contribution < -0.4 is 10.0 Å². The molecule has 1 heterocycles. The summed E-state index contributed by atoms with van der Waals surface area (Å²) in [6.07, 6.45) is 0.840. The highest BCUT2D eigenvalue weighted by atomic mass is 79.9. The summed E-state index contributed by atoms with van der Waals surface area (Å²) in [5.41, 5.74) is 1.64. The lowest BCUT2D eigenvalue weighted by atomic mass is 9.97. The van der Waals surface area contributed by atoms with Gasteiger partial charge in [0.05, 0.1) is 10.6 Å². The molecule has 0 aromatic heterocycles. The Balaban J connectivity index is 1.31. The van der Waals surface area contributed by atoms with E-state index in [2.05, 4.69) is 26.0 Å². The van der Waals surface area contributed by atoms with Crippen LogP contribution in [-0.4, -0.2) is 40.1 Å². The third kappa shape index (κ3) is 6.73. The highest BCUT2D eigenvalue weighted by Gasteiger charge is 2.31. The molecule has 11 heteroatoms. The number of amides is 1. The van der Waals surface area contributed by atoms with Gasteiger partial charge in [0.2, 0.25) is 15.9 Å². The minimum Gasteiger partial charge on any atom is -0.326 e. The number of nitrogens with one attached hydrogen (secondary N) is 2. The van der Waals surface area contributed by atoms with Gasteiger partial charge in [-0.2, -0.15) is 0 Å². The lowest BCUT2D eigenvalue weighted by Gasteiger charge is -2.30. The lowest BCUT2D eigenvalue weighted by Crippen LogP contribution is -2.41. The van der Waals surface area contributed by atoms with Crippen LogP contribution in [0.3, 0.4) is 0 Å². The van der Waals surface area contributed by atoms with Crippen molar-refractivity contribution >= 4 is 53.3 Å². The van der Waals surface area contributed by atoms with Crippen molar-refractivity contribution < 1.29 is 21.6 Å². The molecule has 1 amide bonds. The van der Waals surface area contributed by atoms with E-state index in [1.807, 2.05) is 18.2 Å². The van der Waals surface area contributed by atoms with Crippen molar-refractivity contribution in [2.75, 3.05) is 23.1 Å². The molecule has 1 saturated heterocycles. The maximum absolute atomic E-state index is 12.8. The maximum atomic E-state index is 12.8. The van der Waals surface area contributed by atoms with Crippen LogP contribution in [0.15, 0.2) is 88.2 Å². The second-order valence-corrected chi connectivity index (χ2v) is 13.1. The summed E-state index contributed by atoms with van der Waals surface area (Å²) in [6, 6.07) is 21.7. The number of hydrogen-bond donors (Lipinski definition) is 2. The molecule has 2 N–H and O–H groups in total. The number of carbonyl (C=O) groups excluding carboxylic acids is 1. The van der Waals surface area contributed by atoms with Gasteiger partial charge in [0.15, 0.2) is 0 Å². The maximum Gasteiger partial charge on any atom is 0.261 e. The summed E-state index contributed by atoms with van der Waals surface area (Å²) >= 11 is 3.31. The molecule has 0 aliphatic carbocycles. The number of piperidine rings is 1. The molecule has 3 aromatic carbocycles. The molecular weight excluding hydrogens is 566 g/mol. The third-order valence-electron chi connectivity index (χ3n) is 5.94. The lowest BCUT2D eigenvalue weighted by molar-refractivity contribution is -0.120. The van der Waals surface area contributed by atoms with Gasteiger partial charge in [-0.05, 0) is 66.9 Å². The van der Waals surface area contributed by atoms with Gasteiger partial charge in [0.25, 0.3) is 10.0 Å². The number of hydrogen-bond acceptors (Lipinski definition) is 5. The van der Waals surface area contributed by atoms with Crippen LogP contribution >= 0.6 is 15.9 Å². The van der Waals surface area contributed by atoms with E-state index in [1.165, 1.54) is 28.6 Å². The molecule has 190 valence electrons. The van der Waals surface area contributed by atoms with Gasteiger partial charge < -0.3 is 5.32 Å². The first-order chi connectivity index (χ1) is 17.1. The van der Waals surface area contributed by atoms with Crippen LogP contribution in [0, 0.1) is 5.92 Å². The zero-order valence-electron chi connectivity index (χ0n) is 19.3. The van der Waals surface area contributed by atoms with Crippen molar-refractivity contribution in [1.82, 2.24) is 4.31 Å². The Bertz CT molecular complexity index is 1400. The summed E-state index contributed by atoms with van der Waals surface area (Å²) in [5.74, 6) is -0.592. The smallest absolute Gasteiger partial charge is 0.261 e. The first kappa shape index (κ1) is 26.3. The first-order valence-electron chi connectivity index (χ1n) is 11.3. The molecule has 0 bridgehead atoms. The van der Waals surface area contributed by atoms with Crippen LogP contribution in [0.4, 0.5) is 11.4 Å². The van der Waals surface area contributed by atoms with Crippen molar-refractivity contribution in [3.8, 4) is 0 Å². The van der Waals surface area contributed by atoms with E-state index in [0.717, 1.165) is 10.0 Å². The van der Waals surface area contributed by atoms with E-state index < -0.39 is 20.0 Å². The molecule has 0 spiro atoms. The van der Waals surface area contributed by atoms with Crippen LogP contribution in [0.5, 0.6) is 0 Å². The molecule has 4 rings (SSSR count). The molecule has 0 radical (unpaired) electrons. The summed E-state index contributed by atoms with van der Waals surface area (Å²) in [4.78, 5) is 12.8. The summed E-state index contributed by atoms with van der Waals surface area (Å²) in [7, 11) is -7.23. The van der Waals surface area contributed by atoms with Gasteiger partial charge in [-0.3, -0.25) is 9.52 Å². The van der Waals surface area contributed by atoms with E-state index in [-0.39, 0.29) is 35.6 Å². The highest BCUT2D eigenvalue weighted by molar-refractivity contribution is 9.10. The fourth-order valence-corrected chi connectivity index (χ4v) is 6.85. The van der Waals surface area contributed by atoms with Crippen molar-refractivity contribution in [2.45, 2.75) is 23.5 Å². The molecule has 8 nitrogen and oxygen atoms in total. The average molecular weight is 593 g/mol. The topological polar surface area (TPSA) is 113 Å². The van der Waals surface area contributed by atoms with E-state index in [4.69, 9.17) is 0 Å². The number of sulfonamides is 2. The Kier molecular flexibility index (Phi) is 8.13. The van der Waals surface area contributed by atoms with E-state index in [0.29, 0.717) is 24.2 Å². The third-order valence-corrected chi connectivity index (χ3v) is 9.71. The number of rotatable bonds is 8. The minimum atomic E-state index is -3.78. The van der Waals surface area contributed by atoms with Crippen molar-refractivity contribution in [3.63, 3.8) is 0 Å². The zero-order valence-corrected chi connectivity index (χ0v) is 22.5. The minimum absolute atomic E-state index is 0.0589. The van der Waals surface area contributed by atoms with Crippen molar-refractivity contribution in [2.24, 2.45) is 5.92 Å². The number of benzene rings is 3. The van der Waals surface area contributed by atoms with Crippen molar-refractivity contribution in [3.05, 3.63) is 88.9 Å². The number of carbonyl (C=O) groups is 1. The first-order valence-corrected chi connectivity index (χ1v) is 15.2. The molecule has 1 fully saturated rings. The summed E-state index contributed by atoms with van der Waals surface area (Å²) in [5, 5.41) is 2.81. The Morgan fingerprint density at radius 3 is 2.03 bits per heavy atom. The molecule has 1 aliphatic rings. The highest BCUT2D eigenvalue weighted by Crippen LogP contribution is 2.24. The fourth-order valence-electron chi connectivity index (χ4n) is 3.97. The van der Waals surface area contributed by atoms with E-state index in [1.54, 1.807) is 36.4 Å². The summed E-state index contributed by atoms with van der Waals surface area (Å²) < 4.78 is 55.5. The number of halogens is 1. The molecular formula is C25H26BrN3O5S2. The summed E-state index contributed by atoms with van der Waals surface area (Å²) in [6.45, 7) is 0.568. The molecule has 3 aromatic rings. The normalized spacial score (nSPS) is 15.4. The van der Waals surface area contributed by atoms with Gasteiger partial charge in [-0.25, -0.2) is 21.1 Å². The number of anilines is 2. The second kappa shape index (κ2) is 11.1. The Morgan fingerprint density at radius 2 is 1.42 bits per heavy atom. The Morgan fingerprint density at radius 1 is 0.833 bits per heavy atom. The second-order valence-electron chi connectivity index (χ2n) is 8.54. The van der Waals surface area contributed by atoms with Crippen molar-refractivity contribution in [1.29, 1.82) is 0 Å². The van der Waals surface area contributed by atoms with Gasteiger partial charge in [-0.15, -0.1) is 0 Å². The van der Waals surface area contributed by atoms with Gasteiger partial charge in [0.1, 0.15) is 0 Å². The molecule has 36 heavy (non-hydrogen) atoms. The van der Waals surface area contributed by atoms with Crippen LogP contribution in [-0.2, 0) is 30.6 Å². The predicted molar refractivity (Wildman–Crippen MR) is 143 cm³/mol. The van der Waals surface area contributed by atoms with Gasteiger partial charge in [0, 0.05) is 34.9 Å². The largest absolute Gasteiger partial charge is 0.326 e. The molecule has 0 unspecified atom stereocenters. The van der Waals surface area contributed by atoms with E-state index >= 15 is 0 Å². The van der Waals surface area contributed by atoms with E-state index in [9.17, 15) is 21.6 Å². The molecule has 0 saturated carbocycles. The monoisotopic (exact) mass is 591 g/mol. The molecule has 1 aliphatic heterocycles.